The van der Waals surface area contributed by atoms with Crippen LogP contribution in [-0.4, -0.2) is 27.9 Å². The van der Waals surface area contributed by atoms with Crippen molar-refractivity contribution in [2.45, 2.75) is 6.54 Å². The highest BCUT2D eigenvalue weighted by Crippen LogP contribution is 2.29. The van der Waals surface area contributed by atoms with Crippen molar-refractivity contribution in [2.75, 3.05) is 7.05 Å². The number of rotatable bonds is 4. The number of pyridine rings is 1. The first-order chi connectivity index (χ1) is 13.1. The molecule has 4 rings (SSSR count). The Kier molecular flexibility index (Phi) is 4.60. The summed E-state index contributed by atoms with van der Waals surface area (Å²) in [6, 6.07) is 20.6. The average molecular weight is 374 g/mol. The van der Waals surface area contributed by atoms with Gasteiger partial charge in [0.15, 0.2) is 0 Å². The number of para-hydroxylation sites is 2. The monoisotopic (exact) mass is 374 g/mol. The van der Waals surface area contributed by atoms with E-state index in [4.69, 9.17) is 4.98 Å². The van der Waals surface area contributed by atoms with Gasteiger partial charge in [-0.25, -0.2) is 4.98 Å². The van der Waals surface area contributed by atoms with E-state index in [0.717, 1.165) is 21.5 Å². The van der Waals surface area contributed by atoms with Gasteiger partial charge >= 0.3 is 0 Å². The van der Waals surface area contributed by atoms with E-state index in [0.29, 0.717) is 17.7 Å². The largest absolute Gasteiger partial charge is 0.508 e. The van der Waals surface area contributed by atoms with E-state index < -0.39 is 0 Å². The van der Waals surface area contributed by atoms with Crippen LogP contribution in [-0.2, 0) is 6.54 Å². The molecular weight excluding hydrogens is 356 g/mol. The fraction of sp³-hybridized carbons (Fsp3) is 0.0909. The molecule has 0 saturated carbocycles. The molecule has 0 aliphatic rings. The highest BCUT2D eigenvalue weighted by atomic mass is 32.1. The van der Waals surface area contributed by atoms with Gasteiger partial charge in [-0.15, -0.1) is 11.3 Å². The summed E-state index contributed by atoms with van der Waals surface area (Å²) < 4.78 is 0. The predicted octanol–water partition coefficient (Wildman–Crippen LogP) is 4.94. The fourth-order valence-electron chi connectivity index (χ4n) is 3.08. The van der Waals surface area contributed by atoms with Gasteiger partial charge in [0.2, 0.25) is 0 Å². The highest BCUT2D eigenvalue weighted by Gasteiger charge is 2.18. The standard InChI is InChI=1S/C22H18N2O2S/c1-24(14-15-7-2-5-10-20(15)25)22(26)17-13-19(21-11-6-12-27-21)23-18-9-4-3-8-16(17)18/h2-13,25H,14H2,1H3. The van der Waals surface area contributed by atoms with E-state index >= 15 is 0 Å². The van der Waals surface area contributed by atoms with Gasteiger partial charge in [0, 0.05) is 24.5 Å². The summed E-state index contributed by atoms with van der Waals surface area (Å²) in [7, 11) is 1.74. The summed E-state index contributed by atoms with van der Waals surface area (Å²) in [4.78, 5) is 20.6. The molecule has 0 unspecified atom stereocenters. The van der Waals surface area contributed by atoms with Gasteiger partial charge in [0.25, 0.3) is 5.91 Å². The average Bonchev–Trinajstić information content (AvgIpc) is 3.23. The van der Waals surface area contributed by atoms with Gasteiger partial charge < -0.3 is 10.0 Å². The van der Waals surface area contributed by atoms with Crippen molar-refractivity contribution in [1.82, 2.24) is 9.88 Å². The number of thiophene rings is 1. The van der Waals surface area contributed by atoms with Crippen LogP contribution in [0.15, 0.2) is 72.1 Å². The van der Waals surface area contributed by atoms with Gasteiger partial charge in [0.1, 0.15) is 5.75 Å². The lowest BCUT2D eigenvalue weighted by Gasteiger charge is -2.19. The van der Waals surface area contributed by atoms with Gasteiger partial charge in [0.05, 0.1) is 21.7 Å². The Bertz CT molecular complexity index is 1110. The Morgan fingerprint density at radius 3 is 2.63 bits per heavy atom. The molecule has 0 fully saturated rings. The number of aromatic nitrogens is 1. The lowest BCUT2D eigenvalue weighted by Crippen LogP contribution is -2.26. The third kappa shape index (κ3) is 3.41. The smallest absolute Gasteiger partial charge is 0.254 e. The maximum atomic E-state index is 13.2. The Hall–Kier alpha value is -3.18. The summed E-state index contributed by atoms with van der Waals surface area (Å²) in [6.07, 6.45) is 0. The minimum absolute atomic E-state index is 0.102. The molecule has 0 atom stereocenters. The molecule has 2 aromatic heterocycles. The molecule has 5 heteroatoms. The SMILES string of the molecule is CN(Cc1ccccc1O)C(=O)c1cc(-c2cccs2)nc2ccccc12. The van der Waals surface area contributed by atoms with E-state index in [1.165, 1.54) is 0 Å². The van der Waals surface area contributed by atoms with Crippen LogP contribution in [0.5, 0.6) is 5.75 Å². The van der Waals surface area contributed by atoms with Crippen LogP contribution in [0.2, 0.25) is 0 Å². The first-order valence-electron chi connectivity index (χ1n) is 8.59. The molecule has 134 valence electrons. The molecule has 0 saturated heterocycles. The van der Waals surface area contributed by atoms with Crippen molar-refractivity contribution in [2.24, 2.45) is 0 Å². The lowest BCUT2D eigenvalue weighted by atomic mass is 10.1. The van der Waals surface area contributed by atoms with Gasteiger partial charge in [-0.1, -0.05) is 42.5 Å². The van der Waals surface area contributed by atoms with Crippen LogP contribution in [0, 0.1) is 0 Å². The summed E-state index contributed by atoms with van der Waals surface area (Å²) >= 11 is 1.60. The number of aromatic hydroxyl groups is 1. The Labute approximate surface area is 161 Å². The molecule has 0 radical (unpaired) electrons. The first kappa shape index (κ1) is 17.2. The molecule has 4 nitrogen and oxygen atoms in total. The summed E-state index contributed by atoms with van der Waals surface area (Å²) in [6.45, 7) is 0.330. The molecule has 2 aromatic carbocycles. The number of amides is 1. The second kappa shape index (κ2) is 7.21. The summed E-state index contributed by atoms with van der Waals surface area (Å²) in [5.74, 6) is 0.0886. The topological polar surface area (TPSA) is 53.4 Å². The van der Waals surface area contributed by atoms with E-state index in [-0.39, 0.29) is 11.7 Å². The van der Waals surface area contributed by atoms with E-state index in [1.54, 1.807) is 35.4 Å². The Morgan fingerprint density at radius 2 is 1.85 bits per heavy atom. The molecule has 27 heavy (non-hydrogen) atoms. The number of fused-ring (bicyclic) bond motifs is 1. The van der Waals surface area contributed by atoms with Gasteiger partial charge in [-0.2, -0.15) is 0 Å². The first-order valence-corrected chi connectivity index (χ1v) is 9.47. The molecule has 0 aliphatic carbocycles. The molecule has 4 aromatic rings. The molecular formula is C22H18N2O2S. The summed E-state index contributed by atoms with van der Waals surface area (Å²) in [5.41, 5.74) is 2.91. The maximum Gasteiger partial charge on any atom is 0.254 e. The highest BCUT2D eigenvalue weighted by molar-refractivity contribution is 7.13. The minimum Gasteiger partial charge on any atom is -0.508 e. The number of nitrogens with zero attached hydrogens (tertiary/aromatic N) is 2. The van der Waals surface area contributed by atoms with Gasteiger partial charge in [-0.05, 0) is 29.6 Å². The normalized spacial score (nSPS) is 10.9. The number of phenols is 1. The zero-order valence-electron chi connectivity index (χ0n) is 14.8. The van der Waals surface area contributed by atoms with Crippen molar-refractivity contribution in [1.29, 1.82) is 0 Å². The molecule has 1 N–H and O–H groups in total. The van der Waals surface area contributed by atoms with Crippen molar-refractivity contribution in [3.63, 3.8) is 0 Å². The number of hydrogen-bond donors (Lipinski definition) is 1. The number of phenolic OH excluding ortho intramolecular Hbond substituents is 1. The van der Waals surface area contributed by atoms with E-state index in [1.807, 2.05) is 60.0 Å². The third-order valence-electron chi connectivity index (χ3n) is 4.47. The number of carbonyl (C=O) groups excluding carboxylic acids is 1. The Morgan fingerprint density at radius 1 is 1.07 bits per heavy atom. The van der Waals surface area contributed by atoms with Crippen LogP contribution in [0.25, 0.3) is 21.5 Å². The number of hydrogen-bond acceptors (Lipinski definition) is 4. The van der Waals surface area contributed by atoms with Crippen LogP contribution in [0.3, 0.4) is 0 Å². The van der Waals surface area contributed by atoms with Crippen LogP contribution < -0.4 is 0 Å². The zero-order valence-corrected chi connectivity index (χ0v) is 15.6. The van der Waals surface area contributed by atoms with Crippen LogP contribution >= 0.6 is 11.3 Å². The van der Waals surface area contributed by atoms with Crippen LogP contribution in [0.4, 0.5) is 0 Å². The summed E-state index contributed by atoms with van der Waals surface area (Å²) in [5, 5.41) is 12.8. The molecule has 1 amide bonds. The van der Waals surface area contributed by atoms with Gasteiger partial charge in [-0.3, -0.25) is 4.79 Å². The third-order valence-corrected chi connectivity index (χ3v) is 5.36. The van der Waals surface area contributed by atoms with Crippen LogP contribution in [0.1, 0.15) is 15.9 Å². The molecule has 2 heterocycles. The number of benzene rings is 2. The quantitative estimate of drug-likeness (QED) is 0.550. The molecule has 0 bridgehead atoms. The van der Waals surface area contributed by atoms with E-state index in [9.17, 15) is 9.90 Å². The van der Waals surface area contributed by atoms with Crippen molar-refractivity contribution >= 4 is 28.1 Å². The number of carbonyl (C=O) groups is 1. The second-order valence-electron chi connectivity index (χ2n) is 6.34. The van der Waals surface area contributed by atoms with Crippen molar-refractivity contribution in [3.8, 4) is 16.3 Å². The lowest BCUT2D eigenvalue weighted by molar-refractivity contribution is 0.0786. The van der Waals surface area contributed by atoms with Crippen molar-refractivity contribution < 1.29 is 9.90 Å². The molecule has 0 aliphatic heterocycles. The predicted molar refractivity (Wildman–Crippen MR) is 109 cm³/mol. The molecule has 0 spiro atoms. The maximum absolute atomic E-state index is 13.2. The van der Waals surface area contributed by atoms with E-state index in [2.05, 4.69) is 0 Å². The van der Waals surface area contributed by atoms with Crippen molar-refractivity contribution in [3.05, 3.63) is 83.2 Å². The zero-order chi connectivity index (χ0) is 18.8. The Balaban J connectivity index is 1.75. The fourth-order valence-corrected chi connectivity index (χ4v) is 3.77. The minimum atomic E-state index is -0.102. The second-order valence-corrected chi connectivity index (χ2v) is 7.29.